The Labute approximate surface area is 190 Å². The number of hydrogen-bond donors (Lipinski definition) is 2. The molecule has 2 aromatic rings. The minimum Gasteiger partial charge on any atom is -0.493 e. The van der Waals surface area contributed by atoms with Gasteiger partial charge in [0, 0.05) is 11.0 Å². The predicted molar refractivity (Wildman–Crippen MR) is 125 cm³/mol. The highest BCUT2D eigenvalue weighted by molar-refractivity contribution is 9.10. The summed E-state index contributed by atoms with van der Waals surface area (Å²) in [7, 11) is 3.18. The first-order valence-electron chi connectivity index (χ1n) is 9.53. The van der Waals surface area contributed by atoms with E-state index in [1.807, 2.05) is 30.5 Å². The van der Waals surface area contributed by atoms with Crippen molar-refractivity contribution in [2.45, 2.75) is 18.9 Å². The molecule has 0 aliphatic rings. The third-order valence-electron chi connectivity index (χ3n) is 4.51. The van der Waals surface area contributed by atoms with Crippen LogP contribution in [0.2, 0.25) is 0 Å². The summed E-state index contributed by atoms with van der Waals surface area (Å²) in [6.45, 7) is 0.453. The van der Waals surface area contributed by atoms with Gasteiger partial charge in [-0.3, -0.25) is 9.59 Å². The maximum Gasteiger partial charge on any atom is 0.253 e. The Balaban J connectivity index is 1.96. The van der Waals surface area contributed by atoms with Crippen molar-refractivity contribution in [3.8, 4) is 11.5 Å². The van der Waals surface area contributed by atoms with Crippen LogP contribution in [0.25, 0.3) is 0 Å². The van der Waals surface area contributed by atoms with E-state index in [-0.39, 0.29) is 11.8 Å². The molecule has 2 N–H and O–H groups in total. The second-order valence-corrected chi connectivity index (χ2v) is 8.36. The van der Waals surface area contributed by atoms with Gasteiger partial charge in [0.15, 0.2) is 11.5 Å². The molecule has 0 aliphatic carbocycles. The molecule has 8 heteroatoms. The minimum atomic E-state index is -0.595. The zero-order valence-corrected chi connectivity index (χ0v) is 19.8. The number of thioether (sulfide) groups is 1. The van der Waals surface area contributed by atoms with Crippen LogP contribution in [0.1, 0.15) is 22.3 Å². The number of rotatable bonds is 11. The maximum absolute atomic E-state index is 12.7. The molecule has 2 aromatic carbocycles. The molecule has 0 spiro atoms. The molecular weight excluding hydrogens is 468 g/mol. The number of ether oxygens (including phenoxy) is 2. The number of amides is 2. The minimum absolute atomic E-state index is 0.190. The van der Waals surface area contributed by atoms with Gasteiger partial charge in [-0.25, -0.2) is 0 Å². The summed E-state index contributed by atoms with van der Waals surface area (Å²) >= 11 is 5.02. The monoisotopic (exact) mass is 494 g/mol. The summed E-state index contributed by atoms with van der Waals surface area (Å²) in [5.41, 5.74) is 1.52. The van der Waals surface area contributed by atoms with Gasteiger partial charge in [-0.05, 0) is 70.6 Å². The number of carbonyl (C=O) groups is 2. The SMILES string of the molecule is COc1ccc(CCNC(=O)C(CCSC)NC(=O)c2ccccc2Br)cc1OC. The van der Waals surface area contributed by atoms with E-state index in [1.165, 1.54) is 0 Å². The smallest absolute Gasteiger partial charge is 0.253 e. The molecule has 0 bridgehead atoms. The number of halogens is 1. The van der Waals surface area contributed by atoms with Crippen molar-refractivity contribution in [3.05, 3.63) is 58.1 Å². The molecule has 1 unspecified atom stereocenters. The topological polar surface area (TPSA) is 76.7 Å². The first-order chi connectivity index (χ1) is 14.5. The molecule has 2 rings (SSSR count). The van der Waals surface area contributed by atoms with E-state index in [0.29, 0.717) is 40.9 Å². The highest BCUT2D eigenvalue weighted by atomic mass is 79.9. The normalized spacial score (nSPS) is 11.5. The maximum atomic E-state index is 12.7. The Kier molecular flexibility index (Phi) is 10.0. The predicted octanol–water partition coefficient (Wildman–Crippen LogP) is 3.68. The molecule has 0 heterocycles. The van der Waals surface area contributed by atoms with Gasteiger partial charge < -0.3 is 20.1 Å². The number of hydrogen-bond acceptors (Lipinski definition) is 5. The molecule has 162 valence electrons. The number of methoxy groups -OCH3 is 2. The molecule has 0 aromatic heterocycles. The molecule has 0 radical (unpaired) electrons. The molecular formula is C22H27BrN2O4S. The Morgan fingerprint density at radius 3 is 2.50 bits per heavy atom. The first-order valence-corrected chi connectivity index (χ1v) is 11.7. The second kappa shape index (κ2) is 12.5. The van der Waals surface area contributed by atoms with Gasteiger partial charge in [-0.2, -0.15) is 11.8 Å². The van der Waals surface area contributed by atoms with Crippen molar-refractivity contribution in [3.63, 3.8) is 0 Å². The van der Waals surface area contributed by atoms with Crippen molar-refractivity contribution >= 4 is 39.5 Å². The molecule has 0 saturated carbocycles. The van der Waals surface area contributed by atoms with E-state index >= 15 is 0 Å². The van der Waals surface area contributed by atoms with Crippen molar-refractivity contribution in [1.29, 1.82) is 0 Å². The summed E-state index contributed by atoms with van der Waals surface area (Å²) < 4.78 is 11.3. The molecule has 6 nitrogen and oxygen atoms in total. The van der Waals surface area contributed by atoms with E-state index in [1.54, 1.807) is 44.2 Å². The van der Waals surface area contributed by atoms with E-state index in [9.17, 15) is 9.59 Å². The van der Waals surface area contributed by atoms with Crippen LogP contribution in [-0.2, 0) is 11.2 Å². The molecule has 0 fully saturated rings. The Bertz CT molecular complexity index is 863. The molecule has 2 amide bonds. The van der Waals surface area contributed by atoms with E-state index in [0.717, 1.165) is 11.3 Å². The molecule has 30 heavy (non-hydrogen) atoms. The lowest BCUT2D eigenvalue weighted by atomic mass is 10.1. The third kappa shape index (κ3) is 6.95. The quantitative estimate of drug-likeness (QED) is 0.498. The van der Waals surface area contributed by atoms with E-state index in [4.69, 9.17) is 9.47 Å². The van der Waals surface area contributed by atoms with Crippen molar-refractivity contribution in [2.24, 2.45) is 0 Å². The van der Waals surface area contributed by atoms with Gasteiger partial charge in [-0.1, -0.05) is 18.2 Å². The number of nitrogens with one attached hydrogen (secondary N) is 2. The largest absolute Gasteiger partial charge is 0.493 e. The fourth-order valence-electron chi connectivity index (χ4n) is 2.88. The van der Waals surface area contributed by atoms with Gasteiger partial charge in [0.1, 0.15) is 6.04 Å². The zero-order valence-electron chi connectivity index (χ0n) is 17.4. The fourth-order valence-corrected chi connectivity index (χ4v) is 3.81. The number of carbonyl (C=O) groups excluding carboxylic acids is 2. The molecule has 0 aliphatic heterocycles. The first kappa shape index (κ1) is 24.1. The van der Waals surface area contributed by atoms with Crippen molar-refractivity contribution in [2.75, 3.05) is 32.8 Å². The van der Waals surface area contributed by atoms with Crippen LogP contribution in [0.4, 0.5) is 0 Å². The Hall–Kier alpha value is -2.19. The fraction of sp³-hybridized carbons (Fsp3) is 0.364. The van der Waals surface area contributed by atoms with Crippen LogP contribution >= 0.6 is 27.7 Å². The van der Waals surface area contributed by atoms with Crippen LogP contribution in [0, 0.1) is 0 Å². The van der Waals surface area contributed by atoms with Crippen LogP contribution < -0.4 is 20.1 Å². The van der Waals surface area contributed by atoms with Gasteiger partial charge in [0.05, 0.1) is 19.8 Å². The Morgan fingerprint density at radius 1 is 1.10 bits per heavy atom. The van der Waals surface area contributed by atoms with Crippen molar-refractivity contribution < 1.29 is 19.1 Å². The average molecular weight is 495 g/mol. The van der Waals surface area contributed by atoms with E-state index < -0.39 is 6.04 Å². The third-order valence-corrected chi connectivity index (χ3v) is 5.85. The summed E-state index contributed by atoms with van der Waals surface area (Å²) in [5, 5.41) is 5.79. The van der Waals surface area contributed by atoms with E-state index in [2.05, 4.69) is 26.6 Å². The lowest BCUT2D eigenvalue weighted by Crippen LogP contribution is -2.47. The summed E-state index contributed by atoms with van der Waals surface area (Å²) in [6, 6.07) is 12.2. The lowest BCUT2D eigenvalue weighted by molar-refractivity contribution is -0.122. The summed E-state index contributed by atoms with van der Waals surface area (Å²) in [6.07, 6.45) is 3.17. The van der Waals surface area contributed by atoms with Gasteiger partial charge in [0.25, 0.3) is 5.91 Å². The molecule has 0 saturated heterocycles. The molecule has 1 atom stereocenters. The highest BCUT2D eigenvalue weighted by Gasteiger charge is 2.21. The zero-order chi connectivity index (χ0) is 21.9. The van der Waals surface area contributed by atoms with Gasteiger partial charge in [0.2, 0.25) is 5.91 Å². The van der Waals surface area contributed by atoms with Crippen LogP contribution in [0.15, 0.2) is 46.9 Å². The van der Waals surface area contributed by atoms with Crippen LogP contribution in [0.3, 0.4) is 0 Å². The number of benzene rings is 2. The average Bonchev–Trinajstić information content (AvgIpc) is 2.76. The summed E-state index contributed by atoms with van der Waals surface area (Å²) in [4.78, 5) is 25.3. The van der Waals surface area contributed by atoms with Gasteiger partial charge in [-0.15, -0.1) is 0 Å². The van der Waals surface area contributed by atoms with Crippen LogP contribution in [-0.4, -0.2) is 50.6 Å². The lowest BCUT2D eigenvalue weighted by Gasteiger charge is -2.19. The van der Waals surface area contributed by atoms with Crippen LogP contribution in [0.5, 0.6) is 11.5 Å². The standard InChI is InChI=1S/C22H27BrN2O4S/c1-28-19-9-8-15(14-20(19)29-2)10-12-24-22(27)18(11-13-30-3)25-21(26)16-6-4-5-7-17(16)23/h4-9,14,18H,10-13H2,1-3H3,(H,24,27)(H,25,26). The van der Waals surface area contributed by atoms with Crippen molar-refractivity contribution in [1.82, 2.24) is 10.6 Å². The van der Waals surface area contributed by atoms with Gasteiger partial charge >= 0.3 is 0 Å². The highest BCUT2D eigenvalue weighted by Crippen LogP contribution is 2.27. The second-order valence-electron chi connectivity index (χ2n) is 6.52. The Morgan fingerprint density at radius 2 is 1.83 bits per heavy atom. The summed E-state index contributed by atoms with van der Waals surface area (Å²) in [5.74, 6) is 1.62.